The first kappa shape index (κ1) is 28.4. The molecule has 11 heteroatoms. The predicted octanol–water partition coefficient (Wildman–Crippen LogP) is 4.86. The van der Waals surface area contributed by atoms with Gasteiger partial charge in [-0.3, -0.25) is 13.9 Å². The molecule has 34 heavy (non-hydrogen) atoms. The molecule has 1 N–H and O–H groups in total. The maximum Gasteiger partial charge on any atom is 0.244 e. The number of hydrogen-bond donors (Lipinski definition) is 1. The molecule has 2 aromatic rings. The van der Waals surface area contributed by atoms with Gasteiger partial charge < -0.3 is 10.2 Å². The topological polar surface area (TPSA) is 86.8 Å². The molecule has 0 aliphatic rings. The molecule has 7 nitrogen and oxygen atoms in total. The maximum absolute atomic E-state index is 13.5. The minimum Gasteiger partial charge on any atom is -0.354 e. The van der Waals surface area contributed by atoms with Gasteiger partial charge in [-0.25, -0.2) is 8.42 Å². The van der Waals surface area contributed by atoms with Gasteiger partial charge in [0.25, 0.3) is 0 Å². The summed E-state index contributed by atoms with van der Waals surface area (Å²) in [6.45, 7) is 3.52. The van der Waals surface area contributed by atoms with Crippen LogP contribution in [0.3, 0.4) is 0 Å². The predicted molar refractivity (Wildman–Crippen MR) is 141 cm³/mol. The van der Waals surface area contributed by atoms with Gasteiger partial charge in [0.1, 0.15) is 12.6 Å². The van der Waals surface area contributed by atoms with Gasteiger partial charge in [0.15, 0.2) is 0 Å². The van der Waals surface area contributed by atoms with Crippen LogP contribution < -0.4 is 9.62 Å². The molecular weight excluding hydrogens is 565 g/mol. The highest BCUT2D eigenvalue weighted by Crippen LogP contribution is 2.27. The van der Waals surface area contributed by atoms with Crippen LogP contribution in [0.15, 0.2) is 46.9 Å². The van der Waals surface area contributed by atoms with E-state index >= 15 is 0 Å². The van der Waals surface area contributed by atoms with E-state index in [1.165, 1.54) is 4.90 Å². The second-order valence-electron chi connectivity index (χ2n) is 7.79. The van der Waals surface area contributed by atoms with E-state index < -0.39 is 28.5 Å². The van der Waals surface area contributed by atoms with E-state index in [1.807, 2.05) is 6.92 Å². The Labute approximate surface area is 219 Å². The van der Waals surface area contributed by atoms with Crippen molar-refractivity contribution in [2.24, 2.45) is 0 Å². The summed E-state index contributed by atoms with van der Waals surface area (Å²) in [5, 5.41) is 3.51. The molecule has 186 valence electrons. The summed E-state index contributed by atoms with van der Waals surface area (Å²) >= 11 is 16.0. The normalized spacial score (nSPS) is 12.2. The lowest BCUT2D eigenvalue weighted by Gasteiger charge is -2.32. The third-order valence-corrected chi connectivity index (χ3v) is 7.50. The largest absolute Gasteiger partial charge is 0.354 e. The van der Waals surface area contributed by atoms with E-state index in [4.69, 9.17) is 23.2 Å². The molecule has 0 fully saturated rings. The Bertz CT molecular complexity index is 1110. The van der Waals surface area contributed by atoms with Gasteiger partial charge in [0, 0.05) is 33.2 Å². The lowest BCUT2D eigenvalue weighted by Crippen LogP contribution is -2.51. The number of unbranched alkanes of at least 4 members (excludes halogenated alkanes) is 1. The second-order valence-corrected chi connectivity index (χ2v) is 11.4. The Hall–Kier alpha value is -1.81. The summed E-state index contributed by atoms with van der Waals surface area (Å²) < 4.78 is 26.8. The highest BCUT2D eigenvalue weighted by atomic mass is 79.9. The maximum atomic E-state index is 13.5. The number of benzene rings is 2. The first-order valence-electron chi connectivity index (χ1n) is 10.7. The molecule has 0 aliphatic heterocycles. The van der Waals surface area contributed by atoms with Crippen molar-refractivity contribution in [3.05, 3.63) is 62.5 Å². The number of nitrogens with zero attached hydrogens (tertiary/aromatic N) is 2. The summed E-state index contributed by atoms with van der Waals surface area (Å²) in [7, 11) is -3.80. The zero-order chi connectivity index (χ0) is 25.5. The molecule has 0 aromatic heterocycles. The van der Waals surface area contributed by atoms with Gasteiger partial charge >= 0.3 is 0 Å². The van der Waals surface area contributed by atoms with E-state index in [2.05, 4.69) is 21.2 Å². The lowest BCUT2D eigenvalue weighted by molar-refractivity contribution is -0.139. The minimum absolute atomic E-state index is 0.0597. The first-order valence-corrected chi connectivity index (χ1v) is 14.1. The van der Waals surface area contributed by atoms with Crippen LogP contribution in [0, 0.1) is 0 Å². The van der Waals surface area contributed by atoms with Crippen LogP contribution in [-0.4, -0.2) is 50.5 Å². The monoisotopic (exact) mass is 591 g/mol. The molecule has 0 radical (unpaired) electrons. The molecule has 0 spiro atoms. The Morgan fingerprint density at radius 2 is 1.74 bits per heavy atom. The highest BCUT2D eigenvalue weighted by Gasteiger charge is 2.30. The van der Waals surface area contributed by atoms with Crippen LogP contribution in [-0.2, 0) is 26.2 Å². The lowest BCUT2D eigenvalue weighted by atomic mass is 10.1. The molecule has 0 bridgehead atoms. The number of anilines is 1. The Morgan fingerprint density at radius 3 is 2.29 bits per heavy atom. The zero-order valence-corrected chi connectivity index (χ0v) is 23.1. The van der Waals surface area contributed by atoms with Crippen molar-refractivity contribution < 1.29 is 18.0 Å². The molecule has 2 aromatic carbocycles. The number of rotatable bonds is 11. The van der Waals surface area contributed by atoms with Crippen molar-refractivity contribution in [1.82, 2.24) is 10.2 Å². The van der Waals surface area contributed by atoms with Gasteiger partial charge in [-0.15, -0.1) is 0 Å². The van der Waals surface area contributed by atoms with Gasteiger partial charge in [0.2, 0.25) is 21.8 Å². The average molecular weight is 593 g/mol. The Balaban J connectivity index is 2.41. The Morgan fingerprint density at radius 1 is 1.12 bits per heavy atom. The van der Waals surface area contributed by atoms with Crippen LogP contribution in [0.5, 0.6) is 0 Å². The molecule has 0 saturated heterocycles. The summed E-state index contributed by atoms with van der Waals surface area (Å²) in [5.74, 6) is -0.919. The fraction of sp³-hybridized carbons (Fsp3) is 0.391. The molecule has 0 heterocycles. The number of nitrogens with one attached hydrogen (secondary N) is 1. The van der Waals surface area contributed by atoms with E-state index in [1.54, 1.807) is 49.4 Å². The van der Waals surface area contributed by atoms with Crippen molar-refractivity contribution in [1.29, 1.82) is 0 Å². The summed E-state index contributed by atoms with van der Waals surface area (Å²) in [6, 6.07) is 10.7. The minimum atomic E-state index is -3.80. The number of halogens is 3. The fourth-order valence-corrected chi connectivity index (χ4v) is 4.96. The highest BCUT2D eigenvalue weighted by molar-refractivity contribution is 9.10. The van der Waals surface area contributed by atoms with Crippen LogP contribution in [0.4, 0.5) is 5.69 Å². The summed E-state index contributed by atoms with van der Waals surface area (Å²) in [4.78, 5) is 27.6. The zero-order valence-electron chi connectivity index (χ0n) is 19.2. The third kappa shape index (κ3) is 7.86. The number of hydrogen-bond acceptors (Lipinski definition) is 4. The average Bonchev–Trinajstić information content (AvgIpc) is 2.76. The SMILES string of the molecule is CCCCNC(=O)[C@H](C)N(Cc1c(Cl)cccc1Cl)C(=O)CN(c1cccc(Br)c1)S(C)(=O)=O. The molecule has 2 amide bonds. The van der Waals surface area contributed by atoms with Gasteiger partial charge in [-0.1, -0.05) is 64.6 Å². The van der Waals surface area contributed by atoms with Crippen molar-refractivity contribution in [2.45, 2.75) is 39.3 Å². The molecule has 0 saturated carbocycles. The molecule has 0 unspecified atom stereocenters. The summed E-state index contributed by atoms with van der Waals surface area (Å²) in [5.41, 5.74) is 0.793. The quantitative estimate of drug-likeness (QED) is 0.378. The van der Waals surface area contributed by atoms with Crippen molar-refractivity contribution in [3.8, 4) is 0 Å². The van der Waals surface area contributed by atoms with Crippen LogP contribution in [0.2, 0.25) is 10.0 Å². The van der Waals surface area contributed by atoms with E-state index in [0.29, 0.717) is 32.3 Å². The number of carbonyl (C=O) groups excluding carboxylic acids is 2. The second kappa shape index (κ2) is 12.8. The van der Waals surface area contributed by atoms with Crippen LogP contribution in [0.25, 0.3) is 0 Å². The molecule has 2 rings (SSSR count). The third-order valence-electron chi connectivity index (χ3n) is 5.16. The smallest absolute Gasteiger partial charge is 0.244 e. The standard InChI is InChI=1S/C23H28BrCl2N3O4S/c1-4-5-12-27-23(31)16(2)28(14-19-20(25)10-7-11-21(19)26)22(30)15-29(34(3,32)33)18-9-6-8-17(24)13-18/h6-11,13,16H,4-5,12,14-15H2,1-3H3,(H,27,31)/t16-/m0/s1. The first-order chi connectivity index (χ1) is 16.0. The van der Waals surface area contributed by atoms with Gasteiger partial charge in [-0.2, -0.15) is 0 Å². The Kier molecular flexibility index (Phi) is 10.7. The summed E-state index contributed by atoms with van der Waals surface area (Å²) in [6.07, 6.45) is 2.73. The van der Waals surface area contributed by atoms with Gasteiger partial charge in [-0.05, 0) is 43.7 Å². The van der Waals surface area contributed by atoms with Crippen molar-refractivity contribution in [2.75, 3.05) is 23.7 Å². The van der Waals surface area contributed by atoms with E-state index in [9.17, 15) is 18.0 Å². The van der Waals surface area contributed by atoms with Gasteiger partial charge in [0.05, 0.1) is 11.9 Å². The molecular formula is C23H28BrCl2N3O4S. The van der Waals surface area contributed by atoms with Crippen LogP contribution in [0.1, 0.15) is 32.3 Å². The fourth-order valence-electron chi connectivity index (χ4n) is 3.22. The van der Waals surface area contributed by atoms with E-state index in [-0.39, 0.29) is 12.5 Å². The molecule has 1 atom stereocenters. The van der Waals surface area contributed by atoms with Crippen LogP contribution >= 0.6 is 39.1 Å². The number of amides is 2. The number of carbonyl (C=O) groups is 2. The van der Waals surface area contributed by atoms with Crippen molar-refractivity contribution in [3.63, 3.8) is 0 Å². The van der Waals surface area contributed by atoms with Crippen molar-refractivity contribution >= 4 is 66.7 Å². The molecule has 0 aliphatic carbocycles. The van der Waals surface area contributed by atoms with E-state index in [0.717, 1.165) is 23.4 Å². The number of sulfonamides is 1.